The standard InChI is InChI=1S/C22H18F6N4O4/c1-21(35,11-23)17(18(24)25)30-19(33)15-9-16(12-4-6-14(7-5-12)36-22(26,27)28)31-32(20(15)34)13-3-2-8-29-10-13/h2-10,17-18,35H,11H2,1H3,(H,30,33). The first-order chi connectivity index (χ1) is 16.8. The molecule has 0 saturated carbocycles. The predicted molar refractivity (Wildman–Crippen MR) is 114 cm³/mol. The van der Waals surface area contributed by atoms with E-state index in [1.165, 1.54) is 36.7 Å². The van der Waals surface area contributed by atoms with Crippen LogP contribution in [-0.2, 0) is 0 Å². The first-order valence-electron chi connectivity index (χ1n) is 10.1. The van der Waals surface area contributed by atoms with Crippen molar-refractivity contribution in [2.45, 2.75) is 31.4 Å². The molecule has 36 heavy (non-hydrogen) atoms. The monoisotopic (exact) mass is 516 g/mol. The van der Waals surface area contributed by atoms with Crippen molar-refractivity contribution in [1.29, 1.82) is 0 Å². The van der Waals surface area contributed by atoms with Crippen LogP contribution >= 0.6 is 0 Å². The second-order valence-corrected chi connectivity index (χ2v) is 7.72. The number of amides is 1. The maximum Gasteiger partial charge on any atom is 0.573 e. The van der Waals surface area contributed by atoms with Crippen LogP contribution in [0, 0.1) is 0 Å². The van der Waals surface area contributed by atoms with Crippen LogP contribution in [0.2, 0.25) is 0 Å². The summed E-state index contributed by atoms with van der Waals surface area (Å²) in [5.41, 5.74) is -4.30. The lowest BCUT2D eigenvalue weighted by molar-refractivity contribution is -0.274. The number of hydrogen-bond donors (Lipinski definition) is 2. The highest BCUT2D eigenvalue weighted by molar-refractivity contribution is 5.95. The predicted octanol–water partition coefficient (Wildman–Crippen LogP) is 3.28. The van der Waals surface area contributed by atoms with Gasteiger partial charge in [-0.3, -0.25) is 14.6 Å². The number of ether oxygens (including phenoxy) is 1. The molecule has 0 spiro atoms. The highest BCUT2D eigenvalue weighted by Gasteiger charge is 2.40. The summed E-state index contributed by atoms with van der Waals surface area (Å²) < 4.78 is 81.9. The van der Waals surface area contributed by atoms with Crippen molar-refractivity contribution in [3.05, 3.63) is 70.8 Å². The molecule has 2 atom stereocenters. The second-order valence-electron chi connectivity index (χ2n) is 7.72. The molecule has 14 heteroatoms. The van der Waals surface area contributed by atoms with E-state index >= 15 is 0 Å². The fourth-order valence-corrected chi connectivity index (χ4v) is 3.07. The molecule has 3 aromatic rings. The third-order valence-electron chi connectivity index (χ3n) is 4.91. The van der Waals surface area contributed by atoms with E-state index in [9.17, 15) is 41.0 Å². The van der Waals surface area contributed by atoms with Crippen molar-refractivity contribution in [1.82, 2.24) is 20.1 Å². The van der Waals surface area contributed by atoms with Crippen molar-refractivity contribution in [2.75, 3.05) is 6.67 Å². The Bertz CT molecular complexity index is 1260. The highest BCUT2D eigenvalue weighted by atomic mass is 19.4. The molecular formula is C22H18F6N4O4. The molecule has 0 aliphatic rings. The molecule has 2 aromatic heterocycles. The average Bonchev–Trinajstić information content (AvgIpc) is 2.82. The molecule has 1 amide bonds. The topological polar surface area (TPSA) is 106 Å². The first kappa shape index (κ1) is 26.7. The number of aliphatic hydroxyl groups is 1. The van der Waals surface area contributed by atoms with Gasteiger partial charge in [-0.1, -0.05) is 0 Å². The van der Waals surface area contributed by atoms with Crippen LogP contribution < -0.4 is 15.6 Å². The number of benzene rings is 1. The van der Waals surface area contributed by atoms with E-state index in [0.717, 1.165) is 29.8 Å². The molecule has 1 aromatic carbocycles. The van der Waals surface area contributed by atoms with E-state index in [1.807, 2.05) is 0 Å². The number of pyridine rings is 1. The largest absolute Gasteiger partial charge is 0.573 e. The van der Waals surface area contributed by atoms with Gasteiger partial charge in [0.05, 0.1) is 17.6 Å². The van der Waals surface area contributed by atoms with Gasteiger partial charge in [-0.05, 0) is 49.4 Å². The SMILES string of the molecule is CC(O)(CF)C(NC(=O)c1cc(-c2ccc(OC(F)(F)F)cc2)nn(-c2cccnc2)c1=O)C(F)F. The van der Waals surface area contributed by atoms with Gasteiger partial charge in [0.25, 0.3) is 17.9 Å². The van der Waals surface area contributed by atoms with Crippen LogP contribution in [0.1, 0.15) is 17.3 Å². The minimum Gasteiger partial charge on any atom is -0.406 e. The third kappa shape index (κ3) is 6.19. The molecule has 2 heterocycles. The Morgan fingerprint density at radius 3 is 2.39 bits per heavy atom. The Balaban J connectivity index is 2.10. The van der Waals surface area contributed by atoms with E-state index in [2.05, 4.69) is 14.8 Å². The molecule has 0 aliphatic heterocycles. The summed E-state index contributed by atoms with van der Waals surface area (Å²) in [6.07, 6.45) is -5.71. The lowest BCUT2D eigenvalue weighted by Crippen LogP contribution is -2.57. The van der Waals surface area contributed by atoms with Crippen LogP contribution in [0.15, 0.2) is 59.7 Å². The quantitative estimate of drug-likeness (QED) is 0.446. The van der Waals surface area contributed by atoms with E-state index in [4.69, 9.17) is 0 Å². The molecule has 2 unspecified atom stereocenters. The minimum atomic E-state index is -4.93. The number of nitrogens with one attached hydrogen (secondary N) is 1. The maximum absolute atomic E-state index is 13.5. The molecular weight excluding hydrogens is 498 g/mol. The summed E-state index contributed by atoms with van der Waals surface area (Å²) in [6, 6.07) is 5.68. The van der Waals surface area contributed by atoms with Crippen molar-refractivity contribution in [3.8, 4) is 22.7 Å². The van der Waals surface area contributed by atoms with Gasteiger partial charge in [0.15, 0.2) is 0 Å². The van der Waals surface area contributed by atoms with Gasteiger partial charge in [-0.2, -0.15) is 9.78 Å². The number of carbonyl (C=O) groups excluding carboxylic acids is 1. The van der Waals surface area contributed by atoms with Gasteiger partial charge < -0.3 is 15.2 Å². The smallest absolute Gasteiger partial charge is 0.406 e. The Hall–Kier alpha value is -3.94. The summed E-state index contributed by atoms with van der Waals surface area (Å²) in [4.78, 5) is 29.7. The number of alkyl halides is 6. The molecule has 0 fully saturated rings. The van der Waals surface area contributed by atoms with Crippen molar-refractivity contribution >= 4 is 5.91 Å². The van der Waals surface area contributed by atoms with E-state index < -0.39 is 53.9 Å². The molecule has 192 valence electrons. The van der Waals surface area contributed by atoms with Crippen LogP contribution in [0.3, 0.4) is 0 Å². The molecule has 8 nitrogen and oxygen atoms in total. The number of rotatable bonds is 8. The average molecular weight is 516 g/mol. The van der Waals surface area contributed by atoms with Gasteiger partial charge in [0, 0.05) is 11.8 Å². The van der Waals surface area contributed by atoms with Gasteiger partial charge >= 0.3 is 6.36 Å². The Kier molecular flexibility index (Phi) is 7.67. The molecule has 0 saturated heterocycles. The maximum atomic E-state index is 13.5. The van der Waals surface area contributed by atoms with Gasteiger partial charge in [-0.15, -0.1) is 13.2 Å². The summed E-state index contributed by atoms with van der Waals surface area (Å²) >= 11 is 0. The Morgan fingerprint density at radius 2 is 1.86 bits per heavy atom. The van der Waals surface area contributed by atoms with Crippen molar-refractivity contribution < 1.29 is 41.0 Å². The normalized spacial score (nSPS) is 14.2. The Morgan fingerprint density at radius 1 is 1.19 bits per heavy atom. The van der Waals surface area contributed by atoms with Crippen LogP contribution in [-0.4, -0.2) is 56.9 Å². The lowest BCUT2D eigenvalue weighted by atomic mass is 9.98. The lowest BCUT2D eigenvalue weighted by Gasteiger charge is -2.30. The van der Waals surface area contributed by atoms with Gasteiger partial charge in [0.2, 0.25) is 0 Å². The summed E-state index contributed by atoms with van der Waals surface area (Å²) in [6.45, 7) is -0.864. The molecule has 0 bridgehead atoms. The fourth-order valence-electron chi connectivity index (χ4n) is 3.07. The van der Waals surface area contributed by atoms with Crippen molar-refractivity contribution in [3.63, 3.8) is 0 Å². The fraction of sp³-hybridized carbons (Fsp3) is 0.273. The minimum absolute atomic E-state index is 0.0802. The summed E-state index contributed by atoms with van der Waals surface area (Å²) in [7, 11) is 0. The molecule has 3 rings (SSSR count). The highest BCUT2D eigenvalue weighted by Crippen LogP contribution is 2.26. The van der Waals surface area contributed by atoms with E-state index in [0.29, 0.717) is 0 Å². The number of halogens is 6. The third-order valence-corrected chi connectivity index (χ3v) is 4.91. The summed E-state index contributed by atoms with van der Waals surface area (Å²) in [5.74, 6) is -1.91. The molecule has 0 aliphatic carbocycles. The number of hydrogen-bond acceptors (Lipinski definition) is 6. The Labute approximate surface area is 199 Å². The van der Waals surface area contributed by atoms with E-state index in [-0.39, 0.29) is 16.9 Å². The summed E-state index contributed by atoms with van der Waals surface area (Å²) in [5, 5.41) is 15.8. The molecule has 0 radical (unpaired) electrons. The molecule has 2 N–H and O–H groups in total. The zero-order chi connectivity index (χ0) is 26.7. The van der Waals surface area contributed by atoms with E-state index in [1.54, 1.807) is 5.32 Å². The van der Waals surface area contributed by atoms with Crippen LogP contribution in [0.4, 0.5) is 26.3 Å². The number of aromatic nitrogens is 3. The zero-order valence-corrected chi connectivity index (χ0v) is 18.3. The van der Waals surface area contributed by atoms with Gasteiger partial charge in [0.1, 0.15) is 29.6 Å². The van der Waals surface area contributed by atoms with Crippen molar-refractivity contribution in [2.24, 2.45) is 0 Å². The number of carbonyl (C=O) groups is 1. The first-order valence-corrected chi connectivity index (χ1v) is 10.1. The van der Waals surface area contributed by atoms with Gasteiger partial charge in [-0.25, -0.2) is 13.2 Å². The van der Waals surface area contributed by atoms with Crippen LogP contribution in [0.25, 0.3) is 16.9 Å². The second kappa shape index (κ2) is 10.4. The van der Waals surface area contributed by atoms with Crippen LogP contribution in [0.5, 0.6) is 5.75 Å². The zero-order valence-electron chi connectivity index (χ0n) is 18.3. The number of nitrogens with zero attached hydrogens (tertiary/aromatic N) is 3.